The molecule has 3 heterocycles. The standard InChI is InChI=1S/C21H31N3O3S/c25-21(24-12-8-19(9-13-24)22-10-4-5-11-22)20(18-6-2-1-3-7-18)23-14-16-28(26,27)17-15-23/h1-3,6-7,19-20H,4-5,8-17H2. The maximum absolute atomic E-state index is 13.5. The molecule has 1 aromatic rings. The van der Waals surface area contributed by atoms with Gasteiger partial charge in [-0.2, -0.15) is 0 Å². The summed E-state index contributed by atoms with van der Waals surface area (Å²) >= 11 is 0. The third-order valence-corrected chi connectivity index (χ3v) is 8.14. The van der Waals surface area contributed by atoms with Crippen LogP contribution < -0.4 is 0 Å². The van der Waals surface area contributed by atoms with Crippen molar-refractivity contribution in [3.8, 4) is 0 Å². The monoisotopic (exact) mass is 405 g/mol. The number of hydrogen-bond acceptors (Lipinski definition) is 5. The number of nitrogens with zero attached hydrogens (tertiary/aromatic N) is 3. The Balaban J connectivity index is 1.46. The molecule has 3 saturated heterocycles. The van der Waals surface area contributed by atoms with Crippen molar-refractivity contribution >= 4 is 15.7 Å². The number of piperidine rings is 1. The molecule has 1 aromatic carbocycles. The van der Waals surface area contributed by atoms with E-state index in [0.717, 1.165) is 31.5 Å². The van der Waals surface area contributed by atoms with Crippen LogP contribution in [0.3, 0.4) is 0 Å². The van der Waals surface area contributed by atoms with Crippen LogP contribution in [0.2, 0.25) is 0 Å². The molecule has 3 aliphatic rings. The molecule has 0 radical (unpaired) electrons. The smallest absolute Gasteiger partial charge is 0.244 e. The Hall–Kier alpha value is -1.44. The Morgan fingerprint density at radius 3 is 2.11 bits per heavy atom. The Morgan fingerprint density at radius 2 is 1.50 bits per heavy atom. The molecule has 0 N–H and O–H groups in total. The molecule has 1 unspecified atom stereocenters. The summed E-state index contributed by atoms with van der Waals surface area (Å²) in [6, 6.07) is 10.1. The number of amides is 1. The minimum Gasteiger partial charge on any atom is -0.341 e. The zero-order valence-electron chi connectivity index (χ0n) is 16.5. The van der Waals surface area contributed by atoms with Gasteiger partial charge < -0.3 is 9.80 Å². The molecule has 7 heteroatoms. The first kappa shape index (κ1) is 19.9. The Bertz CT molecular complexity index is 755. The zero-order chi connectivity index (χ0) is 19.6. The molecule has 6 nitrogen and oxygen atoms in total. The molecule has 0 spiro atoms. The van der Waals surface area contributed by atoms with Crippen LogP contribution in [-0.4, -0.2) is 85.8 Å². The Labute approximate surface area is 168 Å². The normalized spacial score (nSPS) is 25.6. The molecular formula is C21H31N3O3S. The molecule has 0 bridgehead atoms. The van der Waals surface area contributed by atoms with E-state index >= 15 is 0 Å². The number of rotatable bonds is 4. The Kier molecular flexibility index (Phi) is 6.04. The quantitative estimate of drug-likeness (QED) is 0.761. The van der Waals surface area contributed by atoms with Gasteiger partial charge in [0.25, 0.3) is 0 Å². The van der Waals surface area contributed by atoms with Crippen molar-refractivity contribution in [2.45, 2.75) is 37.8 Å². The SMILES string of the molecule is O=C(C(c1ccccc1)N1CCS(=O)(=O)CC1)N1CCC(N2CCCC2)CC1. The second-order valence-corrected chi connectivity index (χ2v) is 10.6. The third-order valence-electron chi connectivity index (χ3n) is 6.53. The van der Waals surface area contributed by atoms with Gasteiger partial charge in [-0.05, 0) is 44.3 Å². The highest BCUT2D eigenvalue weighted by Gasteiger charge is 2.36. The van der Waals surface area contributed by atoms with E-state index in [1.807, 2.05) is 35.2 Å². The van der Waals surface area contributed by atoms with Gasteiger partial charge in [-0.3, -0.25) is 9.69 Å². The molecule has 3 fully saturated rings. The fourth-order valence-corrected chi connectivity index (χ4v) is 6.09. The van der Waals surface area contributed by atoms with E-state index in [4.69, 9.17) is 0 Å². The highest BCUT2D eigenvalue weighted by atomic mass is 32.2. The van der Waals surface area contributed by atoms with Crippen LogP contribution in [0.15, 0.2) is 30.3 Å². The number of sulfone groups is 1. The molecule has 154 valence electrons. The van der Waals surface area contributed by atoms with E-state index in [1.54, 1.807) is 0 Å². The maximum atomic E-state index is 13.5. The first-order valence-electron chi connectivity index (χ1n) is 10.6. The van der Waals surface area contributed by atoms with Gasteiger partial charge in [0.2, 0.25) is 5.91 Å². The predicted molar refractivity (Wildman–Crippen MR) is 110 cm³/mol. The molecule has 1 atom stereocenters. The van der Waals surface area contributed by atoms with Gasteiger partial charge in [0, 0.05) is 32.2 Å². The number of carbonyl (C=O) groups excluding carboxylic acids is 1. The lowest BCUT2D eigenvalue weighted by molar-refractivity contribution is -0.138. The van der Waals surface area contributed by atoms with Crippen molar-refractivity contribution in [1.29, 1.82) is 0 Å². The molecule has 0 saturated carbocycles. The van der Waals surface area contributed by atoms with Crippen molar-refractivity contribution in [3.05, 3.63) is 35.9 Å². The van der Waals surface area contributed by atoms with Crippen molar-refractivity contribution in [1.82, 2.24) is 14.7 Å². The van der Waals surface area contributed by atoms with E-state index in [9.17, 15) is 13.2 Å². The third kappa shape index (κ3) is 4.42. The minimum absolute atomic E-state index is 0.130. The highest BCUT2D eigenvalue weighted by molar-refractivity contribution is 7.91. The average molecular weight is 406 g/mol. The highest BCUT2D eigenvalue weighted by Crippen LogP contribution is 2.28. The lowest BCUT2D eigenvalue weighted by atomic mass is 9.99. The van der Waals surface area contributed by atoms with Crippen LogP contribution in [0.4, 0.5) is 0 Å². The van der Waals surface area contributed by atoms with E-state index in [2.05, 4.69) is 9.80 Å². The molecule has 1 amide bonds. The van der Waals surface area contributed by atoms with Gasteiger partial charge in [-0.1, -0.05) is 30.3 Å². The maximum Gasteiger partial charge on any atom is 0.244 e. The first-order chi connectivity index (χ1) is 13.5. The number of benzene rings is 1. The van der Waals surface area contributed by atoms with Crippen molar-refractivity contribution in [2.24, 2.45) is 0 Å². The van der Waals surface area contributed by atoms with Gasteiger partial charge in [0.1, 0.15) is 6.04 Å². The van der Waals surface area contributed by atoms with Gasteiger partial charge in [-0.15, -0.1) is 0 Å². The zero-order valence-corrected chi connectivity index (χ0v) is 17.3. The molecule has 3 aliphatic heterocycles. The van der Waals surface area contributed by atoms with Crippen LogP contribution in [0.5, 0.6) is 0 Å². The van der Waals surface area contributed by atoms with Gasteiger partial charge in [0.05, 0.1) is 11.5 Å². The van der Waals surface area contributed by atoms with Gasteiger partial charge >= 0.3 is 0 Å². The summed E-state index contributed by atoms with van der Waals surface area (Å²) < 4.78 is 23.7. The van der Waals surface area contributed by atoms with Crippen LogP contribution in [0.1, 0.15) is 37.3 Å². The summed E-state index contributed by atoms with van der Waals surface area (Å²) in [5.41, 5.74) is 0.966. The summed E-state index contributed by atoms with van der Waals surface area (Å²) in [6.07, 6.45) is 4.68. The molecule has 0 aliphatic carbocycles. The van der Waals surface area contributed by atoms with E-state index < -0.39 is 9.84 Å². The number of likely N-dealkylation sites (tertiary alicyclic amines) is 2. The van der Waals surface area contributed by atoms with Crippen molar-refractivity contribution < 1.29 is 13.2 Å². The van der Waals surface area contributed by atoms with Crippen LogP contribution in [-0.2, 0) is 14.6 Å². The van der Waals surface area contributed by atoms with Crippen molar-refractivity contribution in [2.75, 3.05) is 50.8 Å². The number of hydrogen-bond donors (Lipinski definition) is 0. The van der Waals surface area contributed by atoms with E-state index in [1.165, 1.54) is 25.9 Å². The fraction of sp³-hybridized carbons (Fsp3) is 0.667. The molecular weight excluding hydrogens is 374 g/mol. The molecule has 28 heavy (non-hydrogen) atoms. The topological polar surface area (TPSA) is 60.9 Å². The summed E-state index contributed by atoms with van der Waals surface area (Å²) in [6.45, 7) is 4.86. The average Bonchev–Trinajstić information content (AvgIpc) is 3.25. The van der Waals surface area contributed by atoms with Gasteiger partial charge in [-0.25, -0.2) is 8.42 Å². The first-order valence-corrected chi connectivity index (χ1v) is 12.4. The summed E-state index contributed by atoms with van der Waals surface area (Å²) in [4.78, 5) is 20.2. The summed E-state index contributed by atoms with van der Waals surface area (Å²) in [5.74, 6) is 0.409. The molecule has 4 rings (SSSR count). The molecule has 0 aromatic heterocycles. The van der Waals surface area contributed by atoms with Crippen LogP contribution in [0, 0.1) is 0 Å². The lowest BCUT2D eigenvalue weighted by Crippen LogP contribution is -2.52. The lowest BCUT2D eigenvalue weighted by Gasteiger charge is -2.41. The van der Waals surface area contributed by atoms with E-state index in [-0.39, 0.29) is 23.5 Å². The van der Waals surface area contributed by atoms with Gasteiger partial charge in [0.15, 0.2) is 9.84 Å². The summed E-state index contributed by atoms with van der Waals surface area (Å²) in [7, 11) is -2.97. The second kappa shape index (κ2) is 8.51. The van der Waals surface area contributed by atoms with Crippen LogP contribution >= 0.6 is 0 Å². The largest absolute Gasteiger partial charge is 0.341 e. The summed E-state index contributed by atoms with van der Waals surface area (Å²) in [5, 5.41) is 0. The van der Waals surface area contributed by atoms with E-state index in [0.29, 0.717) is 19.1 Å². The van der Waals surface area contributed by atoms with Crippen molar-refractivity contribution in [3.63, 3.8) is 0 Å². The number of carbonyl (C=O) groups is 1. The Morgan fingerprint density at radius 1 is 0.893 bits per heavy atom. The van der Waals surface area contributed by atoms with Crippen LogP contribution in [0.25, 0.3) is 0 Å². The second-order valence-electron chi connectivity index (χ2n) is 8.30. The predicted octanol–water partition coefficient (Wildman–Crippen LogP) is 1.54. The minimum atomic E-state index is -2.97. The fourth-order valence-electron chi connectivity index (χ4n) is 4.86.